The molecule has 2 aromatic rings. The minimum atomic E-state index is 0.237. The molecule has 0 spiro atoms. The number of rotatable bonds is 8. The number of hydrogen-bond acceptors (Lipinski definition) is 4. The van der Waals surface area contributed by atoms with Crippen LogP contribution < -0.4 is 10.6 Å². The largest absolute Gasteiger partial charge is 0.356 e. The molecule has 2 N–H and O–H groups in total. The van der Waals surface area contributed by atoms with Gasteiger partial charge in [-0.1, -0.05) is 13.3 Å². The average Bonchev–Trinajstić information content (AvgIpc) is 3.06. The topological polar surface area (TPSA) is 84.9 Å². The first-order valence-electron chi connectivity index (χ1n) is 9.72. The lowest BCUT2D eigenvalue weighted by Gasteiger charge is -2.18. The third-order valence-corrected chi connectivity index (χ3v) is 4.94. The van der Waals surface area contributed by atoms with E-state index in [0.29, 0.717) is 6.54 Å². The molecule has 0 radical (unpaired) electrons. The van der Waals surface area contributed by atoms with E-state index in [1.165, 1.54) is 11.3 Å². The molecule has 2 rings (SSSR count). The molecule has 0 aromatic carbocycles. The van der Waals surface area contributed by atoms with Crippen LogP contribution in [0.15, 0.2) is 4.99 Å². The van der Waals surface area contributed by atoms with Gasteiger partial charge in [0.1, 0.15) is 12.4 Å². The minimum Gasteiger partial charge on any atom is -0.356 e. The van der Waals surface area contributed by atoms with Crippen LogP contribution in [0.1, 0.15) is 55.3 Å². The molecule has 0 bridgehead atoms. The smallest absolute Gasteiger partial charge is 0.191 e. The third kappa shape index (κ3) is 5.55. The summed E-state index contributed by atoms with van der Waals surface area (Å²) < 4.78 is 3.92. The summed E-state index contributed by atoms with van der Waals surface area (Å²) in [5.74, 6) is 2.57. The molecule has 0 aliphatic carbocycles. The maximum atomic E-state index is 4.72. The molecule has 0 fully saturated rings. The highest BCUT2D eigenvalue weighted by molar-refractivity contribution is 5.80. The van der Waals surface area contributed by atoms with Gasteiger partial charge in [0, 0.05) is 32.4 Å². The zero-order valence-corrected chi connectivity index (χ0v) is 17.8. The van der Waals surface area contributed by atoms with Gasteiger partial charge in [-0.15, -0.1) is 10.2 Å². The maximum absolute atomic E-state index is 4.72. The molecule has 1 atom stereocenters. The normalized spacial score (nSPS) is 13.1. The number of nitrogens with one attached hydrogen (secondary N) is 2. The number of aryl methyl sites for hydroxylation is 3. The lowest BCUT2D eigenvalue weighted by molar-refractivity contribution is 0.625. The van der Waals surface area contributed by atoms with E-state index in [9.17, 15) is 0 Å². The Bertz CT molecular complexity index is 771. The van der Waals surface area contributed by atoms with Gasteiger partial charge >= 0.3 is 0 Å². The van der Waals surface area contributed by atoms with E-state index >= 15 is 0 Å². The lowest BCUT2D eigenvalue weighted by atomic mass is 10.1. The minimum absolute atomic E-state index is 0.237. The van der Waals surface area contributed by atoms with Gasteiger partial charge in [0.05, 0.1) is 5.69 Å². The molecule has 2 heterocycles. The second kappa shape index (κ2) is 9.53. The molecule has 2 aromatic heterocycles. The van der Waals surface area contributed by atoms with Gasteiger partial charge in [-0.3, -0.25) is 4.68 Å². The van der Waals surface area contributed by atoms with Gasteiger partial charge in [0.2, 0.25) is 0 Å². The quantitative estimate of drug-likeness (QED) is 0.419. The van der Waals surface area contributed by atoms with E-state index in [4.69, 9.17) is 4.99 Å². The van der Waals surface area contributed by atoms with Crippen molar-refractivity contribution in [2.75, 3.05) is 6.54 Å². The van der Waals surface area contributed by atoms with Crippen LogP contribution in [0.2, 0.25) is 0 Å². The Kier molecular flexibility index (Phi) is 7.38. The van der Waals surface area contributed by atoms with Crippen molar-refractivity contribution in [1.29, 1.82) is 0 Å². The summed E-state index contributed by atoms with van der Waals surface area (Å²) in [7, 11) is 3.96. The predicted molar refractivity (Wildman–Crippen MR) is 109 cm³/mol. The summed E-state index contributed by atoms with van der Waals surface area (Å²) in [6, 6.07) is 0.237. The lowest BCUT2D eigenvalue weighted by Crippen LogP contribution is -2.43. The highest BCUT2D eigenvalue weighted by Gasteiger charge is 2.14. The molecule has 0 amide bonds. The monoisotopic (exact) mass is 374 g/mol. The van der Waals surface area contributed by atoms with Crippen LogP contribution in [-0.4, -0.2) is 43.1 Å². The van der Waals surface area contributed by atoms with Crippen LogP contribution in [0.5, 0.6) is 0 Å². The Hall–Kier alpha value is -2.38. The maximum Gasteiger partial charge on any atom is 0.191 e. The first-order valence-corrected chi connectivity index (χ1v) is 9.72. The zero-order chi connectivity index (χ0) is 20.0. The van der Waals surface area contributed by atoms with Crippen molar-refractivity contribution in [2.45, 2.75) is 66.5 Å². The van der Waals surface area contributed by atoms with Crippen molar-refractivity contribution >= 4 is 5.96 Å². The van der Waals surface area contributed by atoms with E-state index in [1.54, 1.807) is 0 Å². The van der Waals surface area contributed by atoms with E-state index in [-0.39, 0.29) is 6.04 Å². The molecule has 0 saturated heterocycles. The fourth-order valence-electron chi connectivity index (χ4n) is 2.98. The van der Waals surface area contributed by atoms with E-state index in [0.717, 1.165) is 49.1 Å². The second-order valence-electron chi connectivity index (χ2n) is 7.19. The fraction of sp³-hybridized carbons (Fsp3) is 0.684. The Morgan fingerprint density at radius 3 is 2.48 bits per heavy atom. The summed E-state index contributed by atoms with van der Waals surface area (Å²) in [6.45, 7) is 11.9. The molecule has 8 nitrogen and oxygen atoms in total. The Labute approximate surface area is 162 Å². The van der Waals surface area contributed by atoms with Gasteiger partial charge in [0.25, 0.3) is 0 Å². The molecular formula is C19H34N8. The van der Waals surface area contributed by atoms with Crippen LogP contribution in [-0.2, 0) is 27.1 Å². The number of hydrogen-bond donors (Lipinski definition) is 2. The summed E-state index contributed by atoms with van der Waals surface area (Å²) in [4.78, 5) is 4.72. The number of aromatic nitrogens is 5. The number of nitrogens with zero attached hydrogens (tertiary/aromatic N) is 6. The molecule has 1 unspecified atom stereocenters. The van der Waals surface area contributed by atoms with Crippen molar-refractivity contribution in [3.63, 3.8) is 0 Å². The summed E-state index contributed by atoms with van der Waals surface area (Å²) in [6.07, 6.45) is 3.16. The first kappa shape index (κ1) is 20.9. The zero-order valence-electron chi connectivity index (χ0n) is 17.8. The highest BCUT2D eigenvalue weighted by Crippen LogP contribution is 2.14. The average molecular weight is 375 g/mol. The molecule has 0 aliphatic heterocycles. The van der Waals surface area contributed by atoms with Crippen LogP contribution in [0.3, 0.4) is 0 Å². The molecule has 0 aliphatic rings. The van der Waals surface area contributed by atoms with Crippen molar-refractivity contribution < 1.29 is 0 Å². The predicted octanol–water partition coefficient (Wildman–Crippen LogP) is 1.94. The third-order valence-electron chi connectivity index (χ3n) is 4.94. The first-order chi connectivity index (χ1) is 12.8. The number of unbranched alkanes of at least 4 members (excludes halogenated alkanes) is 1. The van der Waals surface area contributed by atoms with Crippen LogP contribution in [0, 0.1) is 20.8 Å². The molecular weight excluding hydrogens is 340 g/mol. The van der Waals surface area contributed by atoms with E-state index in [2.05, 4.69) is 53.6 Å². The molecule has 0 saturated carbocycles. The molecule has 8 heteroatoms. The summed E-state index contributed by atoms with van der Waals surface area (Å²) >= 11 is 0. The van der Waals surface area contributed by atoms with Crippen molar-refractivity contribution in [2.24, 2.45) is 19.1 Å². The highest BCUT2D eigenvalue weighted by atomic mass is 15.3. The standard InChI is InChI=1S/C19H34N8/c1-8-9-10-20-19(21-12-18-24-23-16(5)26(18)6)22-13(2)11-17-14(3)25-27(7)15(17)4/h13H,8-12H2,1-7H3,(H2,20,21,22). The van der Waals surface area contributed by atoms with E-state index < -0.39 is 0 Å². The van der Waals surface area contributed by atoms with Gasteiger partial charge in [-0.25, -0.2) is 4.99 Å². The fourth-order valence-corrected chi connectivity index (χ4v) is 2.98. The Morgan fingerprint density at radius 2 is 1.93 bits per heavy atom. The van der Waals surface area contributed by atoms with Gasteiger partial charge in [0.15, 0.2) is 11.8 Å². The van der Waals surface area contributed by atoms with Gasteiger partial charge < -0.3 is 15.2 Å². The van der Waals surface area contributed by atoms with Gasteiger partial charge in [-0.05, 0) is 46.1 Å². The van der Waals surface area contributed by atoms with Crippen LogP contribution in [0.25, 0.3) is 0 Å². The van der Waals surface area contributed by atoms with E-state index in [1.807, 2.05) is 30.3 Å². The summed E-state index contributed by atoms with van der Waals surface area (Å²) in [5.41, 5.74) is 3.61. The second-order valence-corrected chi connectivity index (χ2v) is 7.19. The van der Waals surface area contributed by atoms with Crippen LogP contribution in [0.4, 0.5) is 0 Å². The Morgan fingerprint density at radius 1 is 1.19 bits per heavy atom. The van der Waals surface area contributed by atoms with Crippen LogP contribution >= 0.6 is 0 Å². The van der Waals surface area contributed by atoms with Crippen molar-refractivity contribution in [3.8, 4) is 0 Å². The van der Waals surface area contributed by atoms with Crippen molar-refractivity contribution in [1.82, 2.24) is 35.2 Å². The SMILES string of the molecule is CCCCNC(=NCc1nnc(C)n1C)NC(C)Cc1c(C)nn(C)c1C. The molecule has 27 heavy (non-hydrogen) atoms. The number of aliphatic imine (C=N–C) groups is 1. The molecule has 150 valence electrons. The van der Waals surface area contributed by atoms with Gasteiger partial charge in [-0.2, -0.15) is 5.10 Å². The summed E-state index contributed by atoms with van der Waals surface area (Å²) in [5, 5.41) is 19.8. The Balaban J connectivity index is 2.06. The number of guanidine groups is 1. The van der Waals surface area contributed by atoms with Crippen molar-refractivity contribution in [3.05, 3.63) is 28.6 Å².